The molecule has 4 rings (SSSR count). The standard InChI is InChI=1S/C22H28ClFN6O3/c1-4-29-20-12(10-26-21(28-20)27-14-7-5-13(25)6-8-14)11-30(22(29)31)19-17(23)15(32-2)9-16(33-3)18(19)24/h9-10,13-14H,4-8,11,25H2,1-3H3,(H,26,27,28). The summed E-state index contributed by atoms with van der Waals surface area (Å²) in [6.45, 7) is 2.21. The predicted octanol–water partition coefficient (Wildman–Crippen LogP) is 3.93. The van der Waals surface area contributed by atoms with E-state index in [0.29, 0.717) is 23.9 Å². The minimum absolute atomic E-state index is 0.0154. The Kier molecular flexibility index (Phi) is 6.76. The quantitative estimate of drug-likeness (QED) is 0.647. The van der Waals surface area contributed by atoms with Gasteiger partial charge >= 0.3 is 6.03 Å². The first-order valence-corrected chi connectivity index (χ1v) is 11.3. The van der Waals surface area contributed by atoms with Gasteiger partial charge in [-0.3, -0.25) is 9.80 Å². The fraction of sp³-hybridized carbons (Fsp3) is 0.500. The summed E-state index contributed by atoms with van der Waals surface area (Å²) >= 11 is 6.42. The summed E-state index contributed by atoms with van der Waals surface area (Å²) in [7, 11) is 2.75. The topological polar surface area (TPSA) is 106 Å². The first-order valence-electron chi connectivity index (χ1n) is 10.9. The van der Waals surface area contributed by atoms with Crippen molar-refractivity contribution >= 4 is 35.1 Å². The minimum Gasteiger partial charge on any atom is -0.495 e. The Hall–Kier alpha value is -2.85. The average Bonchev–Trinajstić information content (AvgIpc) is 2.81. The maximum Gasteiger partial charge on any atom is 0.330 e. The Morgan fingerprint density at radius 3 is 2.58 bits per heavy atom. The fourth-order valence-electron chi connectivity index (χ4n) is 4.30. The Balaban J connectivity index is 1.68. The summed E-state index contributed by atoms with van der Waals surface area (Å²) in [5, 5.41) is 3.34. The molecule has 0 spiro atoms. The van der Waals surface area contributed by atoms with Crippen molar-refractivity contribution in [2.24, 2.45) is 5.73 Å². The highest BCUT2D eigenvalue weighted by atomic mass is 35.5. The summed E-state index contributed by atoms with van der Waals surface area (Å²) in [6, 6.07) is 1.38. The van der Waals surface area contributed by atoms with E-state index >= 15 is 4.39 Å². The smallest absolute Gasteiger partial charge is 0.330 e. The summed E-state index contributed by atoms with van der Waals surface area (Å²) in [4.78, 5) is 25.2. The SMILES string of the molecule is CCN1C(=O)N(c2c(F)c(OC)cc(OC)c2Cl)Cc2cnc(NC3CCC(N)CC3)nc21. The first-order chi connectivity index (χ1) is 15.9. The molecule has 0 unspecified atom stereocenters. The lowest BCUT2D eigenvalue weighted by Gasteiger charge is -2.36. The van der Waals surface area contributed by atoms with Crippen LogP contribution in [0.1, 0.15) is 38.2 Å². The Bertz CT molecular complexity index is 1020. The molecule has 2 amide bonds. The number of halogens is 2. The number of fused-ring (bicyclic) bond motifs is 1. The number of ether oxygens (including phenoxy) is 2. The molecule has 1 aromatic carbocycles. The van der Waals surface area contributed by atoms with Crippen molar-refractivity contribution in [3.63, 3.8) is 0 Å². The largest absolute Gasteiger partial charge is 0.495 e. The van der Waals surface area contributed by atoms with E-state index in [1.54, 1.807) is 6.20 Å². The zero-order valence-electron chi connectivity index (χ0n) is 18.9. The maximum atomic E-state index is 15.2. The third-order valence-electron chi connectivity index (χ3n) is 6.13. The van der Waals surface area contributed by atoms with E-state index in [1.165, 1.54) is 30.1 Å². The molecule has 9 nitrogen and oxygen atoms in total. The van der Waals surface area contributed by atoms with Gasteiger partial charge in [-0.1, -0.05) is 11.6 Å². The highest BCUT2D eigenvalue weighted by Gasteiger charge is 2.36. The number of amides is 2. The van der Waals surface area contributed by atoms with Crippen molar-refractivity contribution in [1.82, 2.24) is 9.97 Å². The number of rotatable bonds is 6. The molecule has 0 saturated heterocycles. The highest BCUT2D eigenvalue weighted by molar-refractivity contribution is 6.35. The van der Waals surface area contributed by atoms with Gasteiger partial charge in [-0.15, -0.1) is 0 Å². The number of urea groups is 1. The van der Waals surface area contributed by atoms with Crippen LogP contribution in [0.3, 0.4) is 0 Å². The molecular weight excluding hydrogens is 451 g/mol. The van der Waals surface area contributed by atoms with E-state index in [2.05, 4.69) is 15.3 Å². The van der Waals surface area contributed by atoms with Gasteiger partial charge in [-0.2, -0.15) is 4.98 Å². The number of nitrogens with zero attached hydrogens (tertiary/aromatic N) is 4. The highest BCUT2D eigenvalue weighted by Crippen LogP contribution is 2.44. The maximum absolute atomic E-state index is 15.2. The Labute approximate surface area is 197 Å². The molecule has 11 heteroatoms. The van der Waals surface area contributed by atoms with Crippen molar-refractivity contribution in [2.75, 3.05) is 35.9 Å². The summed E-state index contributed by atoms with van der Waals surface area (Å²) in [6.07, 6.45) is 5.45. The molecule has 0 radical (unpaired) electrons. The van der Waals surface area contributed by atoms with Crippen LogP contribution in [0.25, 0.3) is 0 Å². The van der Waals surface area contributed by atoms with Crippen LogP contribution in [0.15, 0.2) is 12.3 Å². The number of methoxy groups -OCH3 is 2. The molecule has 2 aliphatic rings. The molecule has 1 saturated carbocycles. The van der Waals surface area contributed by atoms with Gasteiger partial charge in [0.1, 0.15) is 22.3 Å². The minimum atomic E-state index is -0.745. The van der Waals surface area contributed by atoms with Gasteiger partial charge in [0.25, 0.3) is 0 Å². The molecule has 0 bridgehead atoms. The van der Waals surface area contributed by atoms with Crippen LogP contribution in [0.2, 0.25) is 5.02 Å². The molecule has 33 heavy (non-hydrogen) atoms. The number of anilines is 3. The molecule has 1 aliphatic carbocycles. The van der Waals surface area contributed by atoms with Gasteiger partial charge in [0.15, 0.2) is 11.6 Å². The average molecular weight is 479 g/mol. The van der Waals surface area contributed by atoms with Gasteiger partial charge in [-0.25, -0.2) is 14.2 Å². The number of hydrogen-bond donors (Lipinski definition) is 2. The molecule has 2 aromatic rings. The third-order valence-corrected chi connectivity index (χ3v) is 6.49. The number of carbonyl (C=O) groups excluding carboxylic acids is 1. The molecular formula is C22H28ClFN6O3. The Morgan fingerprint density at radius 2 is 1.94 bits per heavy atom. The molecule has 1 aromatic heterocycles. The van der Waals surface area contributed by atoms with Crippen molar-refractivity contribution < 1.29 is 18.7 Å². The lowest BCUT2D eigenvalue weighted by Crippen LogP contribution is -2.48. The van der Waals surface area contributed by atoms with E-state index in [9.17, 15) is 4.79 Å². The second-order valence-electron chi connectivity index (χ2n) is 8.17. The van der Waals surface area contributed by atoms with E-state index in [1.807, 2.05) is 6.92 Å². The van der Waals surface area contributed by atoms with Gasteiger partial charge in [-0.05, 0) is 32.6 Å². The number of nitrogens with one attached hydrogen (secondary N) is 1. The third kappa shape index (κ3) is 4.37. The van der Waals surface area contributed by atoms with Crippen LogP contribution in [-0.2, 0) is 6.54 Å². The van der Waals surface area contributed by atoms with E-state index < -0.39 is 11.8 Å². The molecule has 0 atom stereocenters. The molecule has 1 fully saturated rings. The van der Waals surface area contributed by atoms with Crippen LogP contribution in [0.5, 0.6) is 11.5 Å². The van der Waals surface area contributed by atoms with Crippen LogP contribution in [0.4, 0.5) is 26.6 Å². The zero-order valence-corrected chi connectivity index (χ0v) is 19.7. The van der Waals surface area contributed by atoms with E-state index in [-0.39, 0.29) is 40.8 Å². The number of carbonyl (C=O) groups is 1. The zero-order chi connectivity index (χ0) is 23.7. The number of hydrogen-bond acceptors (Lipinski definition) is 7. The second-order valence-corrected chi connectivity index (χ2v) is 8.55. The van der Waals surface area contributed by atoms with E-state index in [0.717, 1.165) is 25.7 Å². The normalized spacial score (nSPS) is 20.5. The predicted molar refractivity (Wildman–Crippen MR) is 125 cm³/mol. The van der Waals surface area contributed by atoms with Crippen molar-refractivity contribution in [2.45, 2.75) is 51.2 Å². The van der Waals surface area contributed by atoms with Crippen LogP contribution < -0.4 is 30.3 Å². The van der Waals surface area contributed by atoms with Crippen molar-refractivity contribution in [3.8, 4) is 11.5 Å². The second kappa shape index (κ2) is 9.56. The summed E-state index contributed by atoms with van der Waals surface area (Å²) in [5.41, 5.74) is 6.55. The lowest BCUT2D eigenvalue weighted by molar-refractivity contribution is 0.250. The molecule has 1 aliphatic heterocycles. The summed E-state index contributed by atoms with van der Waals surface area (Å²) in [5.74, 6) is 0.340. The van der Waals surface area contributed by atoms with Gasteiger partial charge in [0.05, 0.1) is 20.8 Å². The molecule has 3 N–H and O–H groups in total. The van der Waals surface area contributed by atoms with Crippen LogP contribution in [-0.4, -0.2) is 48.8 Å². The molecule has 178 valence electrons. The van der Waals surface area contributed by atoms with Gasteiger partial charge in [0, 0.05) is 36.5 Å². The molecule has 2 heterocycles. The van der Waals surface area contributed by atoms with Crippen LogP contribution in [0, 0.1) is 5.82 Å². The first kappa shape index (κ1) is 23.3. The van der Waals surface area contributed by atoms with E-state index in [4.69, 9.17) is 26.8 Å². The van der Waals surface area contributed by atoms with Gasteiger partial charge in [0.2, 0.25) is 5.95 Å². The van der Waals surface area contributed by atoms with Crippen LogP contribution >= 0.6 is 11.6 Å². The summed E-state index contributed by atoms with van der Waals surface area (Å²) < 4.78 is 25.6. The Morgan fingerprint density at radius 1 is 1.24 bits per heavy atom. The monoisotopic (exact) mass is 478 g/mol. The fourth-order valence-corrected chi connectivity index (χ4v) is 4.62. The number of benzene rings is 1. The number of aromatic nitrogens is 2. The van der Waals surface area contributed by atoms with Gasteiger partial charge < -0.3 is 20.5 Å². The number of nitrogens with two attached hydrogens (primary N) is 1. The van der Waals surface area contributed by atoms with Crippen molar-refractivity contribution in [1.29, 1.82) is 0 Å². The van der Waals surface area contributed by atoms with Crippen molar-refractivity contribution in [3.05, 3.63) is 28.7 Å². The lowest BCUT2D eigenvalue weighted by atomic mass is 9.92.